The molecule has 2 aliphatic rings. The molecule has 0 radical (unpaired) electrons. The van der Waals surface area contributed by atoms with Crippen molar-refractivity contribution in [1.82, 2.24) is 9.13 Å². The van der Waals surface area contributed by atoms with Crippen LogP contribution in [0.2, 0.25) is 0 Å². The number of ether oxygens (including phenoxy) is 2. The van der Waals surface area contributed by atoms with Gasteiger partial charge in [0.25, 0.3) is 0 Å². The van der Waals surface area contributed by atoms with Crippen molar-refractivity contribution in [2.24, 2.45) is 0 Å². The summed E-state index contributed by atoms with van der Waals surface area (Å²) in [5.74, 6) is 0.454. The first-order chi connectivity index (χ1) is 14.4. The molecule has 4 heterocycles. The maximum absolute atomic E-state index is 5.76. The van der Waals surface area contributed by atoms with Crippen molar-refractivity contribution in [2.75, 3.05) is 13.2 Å². The zero-order valence-corrected chi connectivity index (χ0v) is 16.6. The molecule has 1 atom stereocenters. The Kier molecular flexibility index (Phi) is 4.21. The Morgan fingerprint density at radius 1 is 0.931 bits per heavy atom. The fourth-order valence-electron chi connectivity index (χ4n) is 5.18. The second kappa shape index (κ2) is 7.05. The predicted octanol–water partition coefficient (Wildman–Crippen LogP) is 5.28. The highest BCUT2D eigenvalue weighted by molar-refractivity contribution is 5.86. The molecule has 0 saturated carbocycles. The minimum atomic E-state index is -0.0672. The Labute approximate surface area is 170 Å². The van der Waals surface area contributed by atoms with Gasteiger partial charge < -0.3 is 18.6 Å². The van der Waals surface area contributed by atoms with E-state index in [4.69, 9.17) is 9.47 Å². The molecule has 0 bridgehead atoms. The lowest BCUT2D eigenvalue weighted by Crippen LogP contribution is -2.25. The van der Waals surface area contributed by atoms with Crippen molar-refractivity contribution in [2.45, 2.75) is 44.6 Å². The highest BCUT2D eigenvalue weighted by atomic mass is 16.7. The van der Waals surface area contributed by atoms with Crippen LogP contribution in [0.1, 0.15) is 36.4 Å². The van der Waals surface area contributed by atoms with Crippen LogP contribution >= 0.6 is 0 Å². The molecule has 2 aromatic heterocycles. The quantitative estimate of drug-likeness (QED) is 0.477. The Bertz CT molecular complexity index is 1170. The van der Waals surface area contributed by atoms with Crippen LogP contribution in [0.15, 0.2) is 60.8 Å². The van der Waals surface area contributed by atoms with Crippen molar-refractivity contribution in [1.29, 1.82) is 0 Å². The lowest BCUT2D eigenvalue weighted by atomic mass is 9.94. The van der Waals surface area contributed by atoms with Crippen LogP contribution in [0, 0.1) is 0 Å². The van der Waals surface area contributed by atoms with Crippen molar-refractivity contribution in [3.8, 4) is 0 Å². The molecule has 2 aromatic carbocycles. The molecule has 4 aromatic rings. The van der Waals surface area contributed by atoms with E-state index in [0.717, 1.165) is 39.1 Å². The monoisotopic (exact) mass is 386 g/mol. The standard InChI is InChI=1S/C25H26N2O2/c1-3-8-22-18(6-1)16-24-20(10-13-27(22)24)21-17-26(23-9-4-2-7-19(21)23)12-11-25-28-14-5-15-29-25/h1-4,6-9,16-17,20,25H,5,10-15H2. The van der Waals surface area contributed by atoms with E-state index in [1.165, 1.54) is 39.5 Å². The normalized spacial score (nSPS) is 19.9. The van der Waals surface area contributed by atoms with Gasteiger partial charge in [0.2, 0.25) is 0 Å². The molecule has 29 heavy (non-hydrogen) atoms. The third-order valence-corrected chi connectivity index (χ3v) is 6.54. The lowest BCUT2D eigenvalue weighted by Gasteiger charge is -2.23. The topological polar surface area (TPSA) is 28.3 Å². The van der Waals surface area contributed by atoms with Crippen molar-refractivity contribution >= 4 is 21.8 Å². The average molecular weight is 386 g/mol. The maximum atomic E-state index is 5.76. The van der Waals surface area contributed by atoms with Crippen molar-refractivity contribution in [3.05, 3.63) is 72.1 Å². The molecule has 1 fully saturated rings. The summed E-state index contributed by atoms with van der Waals surface area (Å²) in [6.45, 7) is 3.64. The molecule has 1 saturated heterocycles. The zero-order valence-electron chi connectivity index (χ0n) is 16.6. The minimum Gasteiger partial charge on any atom is -0.353 e. The van der Waals surface area contributed by atoms with Crippen molar-refractivity contribution < 1.29 is 9.47 Å². The Morgan fingerprint density at radius 3 is 2.62 bits per heavy atom. The van der Waals surface area contributed by atoms with Crippen molar-refractivity contribution in [3.63, 3.8) is 0 Å². The van der Waals surface area contributed by atoms with E-state index in [9.17, 15) is 0 Å². The van der Waals surface area contributed by atoms with Gasteiger partial charge in [-0.2, -0.15) is 0 Å². The van der Waals surface area contributed by atoms with Crippen LogP contribution in [0.4, 0.5) is 0 Å². The zero-order chi connectivity index (χ0) is 19.2. The summed E-state index contributed by atoms with van der Waals surface area (Å²) in [4.78, 5) is 0. The summed E-state index contributed by atoms with van der Waals surface area (Å²) in [5, 5.41) is 2.73. The van der Waals surface area contributed by atoms with Crippen LogP contribution in [-0.2, 0) is 22.6 Å². The van der Waals surface area contributed by atoms with Crippen LogP contribution in [-0.4, -0.2) is 28.6 Å². The van der Waals surface area contributed by atoms with E-state index < -0.39 is 0 Å². The number of fused-ring (bicyclic) bond motifs is 4. The van der Waals surface area contributed by atoms with Gasteiger partial charge in [0.05, 0.1) is 13.2 Å². The molecule has 0 N–H and O–H groups in total. The number of hydrogen-bond acceptors (Lipinski definition) is 2. The maximum Gasteiger partial charge on any atom is 0.159 e. The van der Waals surface area contributed by atoms with E-state index in [-0.39, 0.29) is 6.29 Å². The van der Waals surface area contributed by atoms with Crippen LogP contribution in [0.5, 0.6) is 0 Å². The van der Waals surface area contributed by atoms with E-state index in [2.05, 4.69) is 69.9 Å². The molecule has 6 rings (SSSR count). The molecule has 1 unspecified atom stereocenters. The fourth-order valence-corrected chi connectivity index (χ4v) is 5.18. The Hall–Kier alpha value is -2.56. The summed E-state index contributed by atoms with van der Waals surface area (Å²) in [7, 11) is 0. The van der Waals surface area contributed by atoms with Gasteiger partial charge in [-0.25, -0.2) is 0 Å². The second-order valence-corrected chi connectivity index (χ2v) is 8.23. The van der Waals surface area contributed by atoms with E-state index in [1.54, 1.807) is 0 Å². The summed E-state index contributed by atoms with van der Waals surface area (Å²) in [6.07, 6.45) is 5.38. The first-order valence-electron chi connectivity index (χ1n) is 10.8. The highest BCUT2D eigenvalue weighted by Crippen LogP contribution is 2.41. The second-order valence-electron chi connectivity index (χ2n) is 8.23. The Balaban J connectivity index is 1.37. The smallest absolute Gasteiger partial charge is 0.159 e. The van der Waals surface area contributed by atoms with Gasteiger partial charge in [-0.05, 0) is 42.0 Å². The van der Waals surface area contributed by atoms with Gasteiger partial charge >= 0.3 is 0 Å². The number of para-hydroxylation sites is 2. The Morgan fingerprint density at radius 2 is 1.72 bits per heavy atom. The summed E-state index contributed by atoms with van der Waals surface area (Å²) < 4.78 is 16.4. The molecule has 2 aliphatic heterocycles. The first-order valence-corrected chi connectivity index (χ1v) is 10.8. The molecule has 4 nitrogen and oxygen atoms in total. The number of benzene rings is 2. The molecule has 4 heteroatoms. The average Bonchev–Trinajstić information content (AvgIpc) is 3.45. The van der Waals surface area contributed by atoms with E-state index in [0.29, 0.717) is 5.92 Å². The van der Waals surface area contributed by atoms with Gasteiger partial charge in [-0.15, -0.1) is 0 Å². The molecular weight excluding hydrogens is 360 g/mol. The largest absolute Gasteiger partial charge is 0.353 e. The first kappa shape index (κ1) is 17.3. The summed E-state index contributed by atoms with van der Waals surface area (Å²) >= 11 is 0. The van der Waals surface area contributed by atoms with Gasteiger partial charge in [0, 0.05) is 53.7 Å². The van der Waals surface area contributed by atoms with Gasteiger partial charge in [-0.1, -0.05) is 36.4 Å². The van der Waals surface area contributed by atoms with E-state index in [1.807, 2.05) is 0 Å². The van der Waals surface area contributed by atoms with E-state index >= 15 is 0 Å². The third-order valence-electron chi connectivity index (χ3n) is 6.54. The SMILES string of the molecule is c1ccc2c(c1)cc1n2CCC1c1cn(CCC2OCCCO2)c2ccccc12. The molecule has 148 valence electrons. The molecule has 0 amide bonds. The molecular formula is C25H26N2O2. The van der Waals surface area contributed by atoms with Crippen LogP contribution < -0.4 is 0 Å². The predicted molar refractivity (Wildman–Crippen MR) is 115 cm³/mol. The fraction of sp³-hybridized carbons (Fsp3) is 0.360. The number of aryl methyl sites for hydroxylation is 2. The van der Waals surface area contributed by atoms with Gasteiger partial charge in [-0.3, -0.25) is 0 Å². The number of rotatable bonds is 4. The number of aromatic nitrogens is 2. The summed E-state index contributed by atoms with van der Waals surface area (Å²) in [6, 6.07) is 20.0. The highest BCUT2D eigenvalue weighted by Gasteiger charge is 2.28. The molecule has 0 aliphatic carbocycles. The summed E-state index contributed by atoms with van der Waals surface area (Å²) in [5.41, 5.74) is 5.58. The number of nitrogens with zero attached hydrogens (tertiary/aromatic N) is 2. The van der Waals surface area contributed by atoms with Gasteiger partial charge in [0.15, 0.2) is 6.29 Å². The van der Waals surface area contributed by atoms with Crippen LogP contribution in [0.3, 0.4) is 0 Å². The van der Waals surface area contributed by atoms with Gasteiger partial charge in [0.1, 0.15) is 0 Å². The molecule has 0 spiro atoms. The third kappa shape index (κ3) is 2.90. The number of hydrogen-bond donors (Lipinski definition) is 0. The minimum absolute atomic E-state index is 0.0672. The lowest BCUT2D eigenvalue weighted by molar-refractivity contribution is -0.182. The van der Waals surface area contributed by atoms with Crippen LogP contribution in [0.25, 0.3) is 21.8 Å².